The summed E-state index contributed by atoms with van der Waals surface area (Å²) >= 11 is 0. The number of carbonyl (C=O) groups excluding carboxylic acids is 1. The molecule has 1 aliphatic heterocycles. The van der Waals surface area contributed by atoms with Crippen LogP contribution in [0.5, 0.6) is 0 Å². The number of para-hydroxylation sites is 1. The molecule has 2 N–H and O–H groups in total. The van der Waals surface area contributed by atoms with Gasteiger partial charge in [0.25, 0.3) is 5.91 Å². The lowest BCUT2D eigenvalue weighted by Crippen LogP contribution is -2.62. The first-order valence-electron chi connectivity index (χ1n) is 8.87. The Morgan fingerprint density at radius 3 is 2.36 bits per heavy atom. The van der Waals surface area contributed by atoms with Crippen molar-refractivity contribution in [2.45, 2.75) is 64.6 Å². The number of piperidine rings is 1. The van der Waals surface area contributed by atoms with Crippen molar-refractivity contribution in [3.05, 3.63) is 47.8 Å². The SMILES string of the molecule is Cc1cn(-c2ccccc2)nc1C(=O)NC1CC(C)(C)NC(C)(C)C1. The number of aromatic nitrogens is 2. The highest BCUT2D eigenvalue weighted by molar-refractivity contribution is 5.93. The molecule has 0 bridgehead atoms. The number of carbonyl (C=O) groups is 1. The summed E-state index contributed by atoms with van der Waals surface area (Å²) in [7, 11) is 0. The molecule has 0 radical (unpaired) electrons. The molecule has 1 aromatic heterocycles. The van der Waals surface area contributed by atoms with Crippen LogP contribution in [0.1, 0.15) is 56.6 Å². The predicted molar refractivity (Wildman–Crippen MR) is 100 cm³/mol. The van der Waals surface area contributed by atoms with Gasteiger partial charge in [-0.3, -0.25) is 4.79 Å². The molecule has 0 saturated carbocycles. The standard InChI is InChI=1S/C20H28N4O/c1-14-13-24(16-9-7-6-8-10-16)22-17(14)18(25)21-15-11-19(2,3)23-20(4,5)12-15/h6-10,13,15,23H,11-12H2,1-5H3,(H,21,25). The van der Waals surface area contributed by atoms with E-state index in [-0.39, 0.29) is 23.0 Å². The highest BCUT2D eigenvalue weighted by atomic mass is 16.2. The van der Waals surface area contributed by atoms with E-state index in [9.17, 15) is 4.79 Å². The van der Waals surface area contributed by atoms with Gasteiger partial charge in [-0.05, 0) is 59.6 Å². The maximum atomic E-state index is 12.8. The lowest BCUT2D eigenvalue weighted by Gasteiger charge is -2.46. The molecule has 0 atom stereocenters. The van der Waals surface area contributed by atoms with Gasteiger partial charge in [-0.1, -0.05) is 18.2 Å². The third kappa shape index (κ3) is 4.10. The summed E-state index contributed by atoms with van der Waals surface area (Å²) in [6.07, 6.45) is 3.71. The Kier molecular flexibility index (Phi) is 4.45. The number of nitrogens with one attached hydrogen (secondary N) is 2. The van der Waals surface area contributed by atoms with E-state index >= 15 is 0 Å². The van der Waals surface area contributed by atoms with Crippen LogP contribution in [-0.2, 0) is 0 Å². The van der Waals surface area contributed by atoms with Crippen LogP contribution in [0.3, 0.4) is 0 Å². The number of benzene rings is 1. The van der Waals surface area contributed by atoms with Crippen LogP contribution in [0.4, 0.5) is 0 Å². The second-order valence-electron chi connectivity index (χ2n) is 8.41. The Bertz CT molecular complexity index is 745. The van der Waals surface area contributed by atoms with Gasteiger partial charge in [0.05, 0.1) is 5.69 Å². The fourth-order valence-electron chi connectivity index (χ4n) is 4.08. The highest BCUT2D eigenvalue weighted by Gasteiger charge is 2.38. The minimum absolute atomic E-state index is 0.00185. The van der Waals surface area contributed by atoms with Crippen molar-refractivity contribution in [2.75, 3.05) is 0 Å². The molecule has 25 heavy (non-hydrogen) atoms. The van der Waals surface area contributed by atoms with E-state index in [2.05, 4.69) is 43.4 Å². The molecule has 0 aliphatic carbocycles. The van der Waals surface area contributed by atoms with E-state index in [0.717, 1.165) is 24.1 Å². The normalized spacial score (nSPS) is 19.6. The van der Waals surface area contributed by atoms with Gasteiger partial charge in [-0.15, -0.1) is 0 Å². The molecule has 3 rings (SSSR count). The predicted octanol–water partition coefficient (Wildman–Crippen LogP) is 3.22. The Morgan fingerprint density at radius 2 is 1.76 bits per heavy atom. The monoisotopic (exact) mass is 340 g/mol. The van der Waals surface area contributed by atoms with Crippen molar-refractivity contribution in [3.8, 4) is 5.69 Å². The summed E-state index contributed by atoms with van der Waals surface area (Å²) in [6, 6.07) is 9.99. The van der Waals surface area contributed by atoms with E-state index < -0.39 is 0 Å². The minimum atomic E-state index is -0.0920. The van der Waals surface area contributed by atoms with Gasteiger partial charge in [-0.2, -0.15) is 5.10 Å². The van der Waals surface area contributed by atoms with Crippen molar-refractivity contribution < 1.29 is 4.79 Å². The molecule has 2 heterocycles. The van der Waals surface area contributed by atoms with Crippen molar-refractivity contribution in [3.63, 3.8) is 0 Å². The first-order chi connectivity index (χ1) is 11.7. The van der Waals surface area contributed by atoms with Gasteiger partial charge >= 0.3 is 0 Å². The zero-order valence-electron chi connectivity index (χ0n) is 15.8. The summed E-state index contributed by atoms with van der Waals surface area (Å²) in [5.74, 6) is -0.0920. The summed E-state index contributed by atoms with van der Waals surface area (Å²) in [4.78, 5) is 12.8. The largest absolute Gasteiger partial charge is 0.348 e. The van der Waals surface area contributed by atoms with E-state index in [4.69, 9.17) is 0 Å². The molecule has 2 aromatic rings. The highest BCUT2D eigenvalue weighted by Crippen LogP contribution is 2.28. The zero-order chi connectivity index (χ0) is 18.2. The fraction of sp³-hybridized carbons (Fsp3) is 0.500. The van der Waals surface area contributed by atoms with E-state index in [1.807, 2.05) is 43.5 Å². The summed E-state index contributed by atoms with van der Waals surface area (Å²) in [6.45, 7) is 10.7. The first-order valence-corrected chi connectivity index (χ1v) is 8.87. The van der Waals surface area contributed by atoms with E-state index in [1.54, 1.807) is 4.68 Å². The fourth-order valence-corrected chi connectivity index (χ4v) is 4.08. The summed E-state index contributed by atoms with van der Waals surface area (Å²) in [5.41, 5.74) is 2.33. The molecular weight excluding hydrogens is 312 g/mol. The Hall–Kier alpha value is -2.14. The van der Waals surface area contributed by atoms with Crippen LogP contribution < -0.4 is 10.6 Å². The van der Waals surface area contributed by atoms with Crippen molar-refractivity contribution in [2.24, 2.45) is 0 Å². The van der Waals surface area contributed by atoms with E-state index in [0.29, 0.717) is 5.69 Å². The third-order valence-electron chi connectivity index (χ3n) is 4.66. The third-order valence-corrected chi connectivity index (χ3v) is 4.66. The van der Waals surface area contributed by atoms with Gasteiger partial charge in [0, 0.05) is 28.9 Å². The maximum Gasteiger partial charge on any atom is 0.272 e. The van der Waals surface area contributed by atoms with Crippen LogP contribution in [0.15, 0.2) is 36.5 Å². The lowest BCUT2D eigenvalue weighted by atomic mass is 9.79. The number of hydrogen-bond donors (Lipinski definition) is 2. The number of nitrogens with zero attached hydrogens (tertiary/aromatic N) is 2. The molecule has 1 fully saturated rings. The minimum Gasteiger partial charge on any atom is -0.348 e. The Morgan fingerprint density at radius 1 is 1.16 bits per heavy atom. The lowest BCUT2D eigenvalue weighted by molar-refractivity contribution is 0.0867. The summed E-state index contributed by atoms with van der Waals surface area (Å²) < 4.78 is 1.76. The summed E-state index contributed by atoms with van der Waals surface area (Å²) in [5, 5.41) is 11.3. The molecule has 1 aliphatic rings. The molecule has 0 spiro atoms. The second-order valence-corrected chi connectivity index (χ2v) is 8.41. The topological polar surface area (TPSA) is 59.0 Å². The quantitative estimate of drug-likeness (QED) is 0.902. The number of amides is 1. The molecular formula is C20H28N4O. The number of rotatable bonds is 3. The van der Waals surface area contributed by atoms with Gasteiger partial charge in [0.15, 0.2) is 5.69 Å². The van der Waals surface area contributed by atoms with Crippen LogP contribution >= 0.6 is 0 Å². The van der Waals surface area contributed by atoms with Crippen LogP contribution in [0.25, 0.3) is 5.69 Å². The van der Waals surface area contributed by atoms with Gasteiger partial charge in [0.2, 0.25) is 0 Å². The second kappa shape index (κ2) is 6.30. The Balaban J connectivity index is 1.77. The van der Waals surface area contributed by atoms with Gasteiger partial charge in [-0.25, -0.2) is 4.68 Å². The average Bonchev–Trinajstić information content (AvgIpc) is 2.87. The number of aryl methyl sites for hydroxylation is 1. The smallest absolute Gasteiger partial charge is 0.272 e. The maximum absolute atomic E-state index is 12.8. The van der Waals surface area contributed by atoms with Crippen molar-refractivity contribution in [1.82, 2.24) is 20.4 Å². The Labute approximate surface area is 149 Å². The van der Waals surface area contributed by atoms with Crippen molar-refractivity contribution in [1.29, 1.82) is 0 Å². The molecule has 1 saturated heterocycles. The van der Waals surface area contributed by atoms with Crippen LogP contribution in [0.2, 0.25) is 0 Å². The van der Waals surface area contributed by atoms with E-state index in [1.165, 1.54) is 0 Å². The number of hydrogen-bond acceptors (Lipinski definition) is 3. The molecule has 134 valence electrons. The molecule has 1 amide bonds. The molecule has 5 heteroatoms. The van der Waals surface area contributed by atoms with Crippen molar-refractivity contribution >= 4 is 5.91 Å². The zero-order valence-corrected chi connectivity index (χ0v) is 15.8. The first kappa shape index (κ1) is 17.7. The van der Waals surface area contributed by atoms with Crippen LogP contribution in [0, 0.1) is 6.92 Å². The van der Waals surface area contributed by atoms with Crippen LogP contribution in [-0.4, -0.2) is 32.8 Å². The average molecular weight is 340 g/mol. The molecule has 1 aromatic carbocycles. The molecule has 5 nitrogen and oxygen atoms in total. The van der Waals surface area contributed by atoms with Gasteiger partial charge in [0.1, 0.15) is 0 Å². The molecule has 0 unspecified atom stereocenters. The van der Waals surface area contributed by atoms with Gasteiger partial charge < -0.3 is 10.6 Å².